The Labute approximate surface area is 168 Å². The van der Waals surface area contributed by atoms with Gasteiger partial charge in [0.15, 0.2) is 0 Å². The average Bonchev–Trinajstić information content (AvgIpc) is 2.72. The van der Waals surface area contributed by atoms with Gasteiger partial charge in [0.1, 0.15) is 12.4 Å². The fourth-order valence-corrected chi connectivity index (χ4v) is 3.26. The van der Waals surface area contributed by atoms with Crippen LogP contribution < -0.4 is 15.0 Å². The maximum Gasteiger partial charge on any atom is 0.266 e. The lowest BCUT2D eigenvalue weighted by molar-refractivity contribution is 0.0945. The number of benzene rings is 3. The summed E-state index contributed by atoms with van der Waals surface area (Å²) in [5.74, 6) is 0.175. The molecule has 8 heteroatoms. The molecule has 0 aliphatic rings. The smallest absolute Gasteiger partial charge is 0.266 e. The van der Waals surface area contributed by atoms with Crippen molar-refractivity contribution in [3.05, 3.63) is 95.0 Å². The lowest BCUT2D eigenvalue weighted by Gasteiger charge is -2.09. The largest absolute Gasteiger partial charge is 0.489 e. The lowest BCUT2D eigenvalue weighted by Crippen LogP contribution is -2.41. The van der Waals surface area contributed by atoms with Crippen molar-refractivity contribution >= 4 is 27.5 Å². The minimum Gasteiger partial charge on any atom is -0.489 e. The Morgan fingerprint density at radius 2 is 1.54 bits per heavy atom. The molecular formula is C20H17ClN2O4S. The standard InChI is InChI=1S/C20H17ClN2O4S/c21-17-10-12-19(13-11-17)28(25,26)23-22-20(24)16-8-6-15(7-9-16)14-27-18-4-2-1-3-5-18/h1-13,23H,14H2,(H,22,24). The minimum absolute atomic E-state index is 0.00870. The van der Waals surface area contributed by atoms with Crippen molar-refractivity contribution < 1.29 is 17.9 Å². The first-order valence-electron chi connectivity index (χ1n) is 8.28. The van der Waals surface area contributed by atoms with Crippen molar-refractivity contribution in [2.75, 3.05) is 0 Å². The number of hydrogen-bond acceptors (Lipinski definition) is 4. The van der Waals surface area contributed by atoms with Crippen molar-refractivity contribution in [1.29, 1.82) is 0 Å². The van der Waals surface area contributed by atoms with E-state index in [0.29, 0.717) is 17.2 Å². The van der Waals surface area contributed by atoms with Gasteiger partial charge >= 0.3 is 0 Å². The summed E-state index contributed by atoms with van der Waals surface area (Å²) < 4.78 is 30.0. The van der Waals surface area contributed by atoms with E-state index in [1.807, 2.05) is 30.3 Å². The number of para-hydroxylation sites is 1. The Balaban J connectivity index is 1.56. The molecule has 0 saturated heterocycles. The zero-order chi connectivity index (χ0) is 20.0. The monoisotopic (exact) mass is 416 g/mol. The highest BCUT2D eigenvalue weighted by Crippen LogP contribution is 2.14. The predicted molar refractivity (Wildman–Crippen MR) is 106 cm³/mol. The molecule has 0 aromatic heterocycles. The summed E-state index contributed by atoms with van der Waals surface area (Å²) >= 11 is 5.75. The minimum atomic E-state index is -3.89. The van der Waals surface area contributed by atoms with Gasteiger partial charge in [0.05, 0.1) is 4.90 Å². The fraction of sp³-hybridized carbons (Fsp3) is 0.0500. The number of rotatable bonds is 7. The summed E-state index contributed by atoms with van der Waals surface area (Å²) in [7, 11) is -3.89. The highest BCUT2D eigenvalue weighted by atomic mass is 35.5. The molecule has 2 N–H and O–H groups in total. The third kappa shape index (κ3) is 5.32. The number of sulfonamides is 1. The Hall–Kier alpha value is -2.87. The molecule has 0 heterocycles. The number of ether oxygens (including phenoxy) is 1. The zero-order valence-electron chi connectivity index (χ0n) is 14.6. The van der Waals surface area contributed by atoms with Gasteiger partial charge in [0.2, 0.25) is 0 Å². The maximum atomic E-state index is 12.2. The first kappa shape index (κ1) is 19.9. The SMILES string of the molecule is O=C(NNS(=O)(=O)c1ccc(Cl)cc1)c1ccc(COc2ccccc2)cc1. The van der Waals surface area contributed by atoms with Crippen molar-refractivity contribution in [2.24, 2.45) is 0 Å². The van der Waals surface area contributed by atoms with Crippen LogP contribution in [-0.2, 0) is 16.6 Å². The van der Waals surface area contributed by atoms with Crippen LogP contribution in [-0.4, -0.2) is 14.3 Å². The molecule has 0 bridgehead atoms. The number of carbonyl (C=O) groups excluding carboxylic acids is 1. The van der Waals surface area contributed by atoms with Gasteiger partial charge in [-0.2, -0.15) is 0 Å². The van der Waals surface area contributed by atoms with E-state index < -0.39 is 15.9 Å². The molecule has 3 aromatic carbocycles. The third-order valence-corrected chi connectivity index (χ3v) is 5.30. The van der Waals surface area contributed by atoms with Crippen LogP contribution in [0.4, 0.5) is 0 Å². The van der Waals surface area contributed by atoms with E-state index in [1.165, 1.54) is 24.3 Å². The van der Waals surface area contributed by atoms with Crippen molar-refractivity contribution in [3.8, 4) is 5.75 Å². The van der Waals surface area contributed by atoms with Crippen LogP contribution in [0.5, 0.6) is 5.75 Å². The van der Waals surface area contributed by atoms with Crippen molar-refractivity contribution in [2.45, 2.75) is 11.5 Å². The van der Waals surface area contributed by atoms with Crippen molar-refractivity contribution in [3.63, 3.8) is 0 Å². The molecule has 0 atom stereocenters. The van der Waals surface area contributed by atoms with Crippen LogP contribution >= 0.6 is 11.6 Å². The summed E-state index contributed by atoms with van der Waals surface area (Å²) in [4.78, 5) is 14.2. The lowest BCUT2D eigenvalue weighted by atomic mass is 10.1. The summed E-state index contributed by atoms with van der Waals surface area (Å²) in [5.41, 5.74) is 3.37. The average molecular weight is 417 g/mol. The number of carbonyl (C=O) groups is 1. The van der Waals surface area contributed by atoms with Crippen LogP contribution in [0.15, 0.2) is 83.8 Å². The fourth-order valence-electron chi connectivity index (χ4n) is 2.29. The van der Waals surface area contributed by atoms with E-state index in [0.717, 1.165) is 11.3 Å². The molecule has 0 aliphatic heterocycles. The van der Waals surface area contributed by atoms with Crippen LogP contribution in [0.1, 0.15) is 15.9 Å². The van der Waals surface area contributed by atoms with E-state index in [4.69, 9.17) is 16.3 Å². The van der Waals surface area contributed by atoms with Gasteiger partial charge in [0, 0.05) is 10.6 Å². The molecule has 0 spiro atoms. The first-order valence-corrected chi connectivity index (χ1v) is 10.1. The van der Waals surface area contributed by atoms with Gasteiger partial charge in [-0.15, -0.1) is 4.83 Å². The Morgan fingerprint density at radius 1 is 0.893 bits per heavy atom. The van der Waals surface area contributed by atoms with Gasteiger partial charge in [-0.1, -0.05) is 41.9 Å². The molecule has 3 rings (SSSR count). The van der Waals surface area contributed by atoms with E-state index in [1.54, 1.807) is 24.3 Å². The van der Waals surface area contributed by atoms with Gasteiger partial charge in [-0.3, -0.25) is 10.2 Å². The topological polar surface area (TPSA) is 84.5 Å². The summed E-state index contributed by atoms with van der Waals surface area (Å²) in [5, 5.41) is 0.416. The van der Waals surface area contributed by atoms with Crippen LogP contribution in [0, 0.1) is 0 Å². The normalized spacial score (nSPS) is 11.0. The molecule has 0 aliphatic carbocycles. The summed E-state index contributed by atoms with van der Waals surface area (Å²) in [6.45, 7) is 0.356. The van der Waals surface area contributed by atoms with Crippen LogP contribution in [0.25, 0.3) is 0 Å². The van der Waals surface area contributed by atoms with Crippen LogP contribution in [0.2, 0.25) is 5.02 Å². The Bertz CT molecular complexity index is 1040. The molecule has 28 heavy (non-hydrogen) atoms. The quantitative estimate of drug-likeness (QED) is 0.577. The molecule has 0 unspecified atom stereocenters. The number of hydrogen-bond donors (Lipinski definition) is 2. The number of amides is 1. The van der Waals surface area contributed by atoms with E-state index >= 15 is 0 Å². The van der Waals surface area contributed by atoms with Gasteiger partial charge in [-0.05, 0) is 54.1 Å². The summed E-state index contributed by atoms with van der Waals surface area (Å²) in [6.07, 6.45) is 0. The molecule has 144 valence electrons. The second-order valence-electron chi connectivity index (χ2n) is 5.81. The molecule has 3 aromatic rings. The Kier molecular flexibility index (Phi) is 6.30. The molecule has 0 fully saturated rings. The molecular weight excluding hydrogens is 400 g/mol. The molecule has 0 radical (unpaired) electrons. The van der Waals surface area contributed by atoms with E-state index in [9.17, 15) is 13.2 Å². The molecule has 6 nitrogen and oxygen atoms in total. The third-order valence-electron chi connectivity index (χ3n) is 3.79. The van der Waals surface area contributed by atoms with Gasteiger partial charge in [0.25, 0.3) is 15.9 Å². The van der Waals surface area contributed by atoms with E-state index in [2.05, 4.69) is 10.3 Å². The number of nitrogens with one attached hydrogen (secondary N) is 2. The highest BCUT2D eigenvalue weighted by Gasteiger charge is 2.15. The maximum absolute atomic E-state index is 12.2. The summed E-state index contributed by atoms with van der Waals surface area (Å²) in [6, 6.07) is 21.6. The van der Waals surface area contributed by atoms with Gasteiger partial charge in [-0.25, -0.2) is 8.42 Å². The number of hydrazine groups is 1. The van der Waals surface area contributed by atoms with Crippen LogP contribution in [0.3, 0.4) is 0 Å². The predicted octanol–water partition coefficient (Wildman–Crippen LogP) is 3.54. The number of halogens is 1. The van der Waals surface area contributed by atoms with Gasteiger partial charge < -0.3 is 4.74 Å². The van der Waals surface area contributed by atoms with E-state index in [-0.39, 0.29) is 4.90 Å². The first-order chi connectivity index (χ1) is 13.4. The molecule has 0 saturated carbocycles. The molecule has 1 amide bonds. The van der Waals surface area contributed by atoms with Crippen molar-refractivity contribution in [1.82, 2.24) is 10.3 Å². The zero-order valence-corrected chi connectivity index (χ0v) is 16.2. The second-order valence-corrected chi connectivity index (χ2v) is 7.93. The highest BCUT2D eigenvalue weighted by molar-refractivity contribution is 7.89. The second kappa shape index (κ2) is 8.88. The Morgan fingerprint density at radius 3 is 2.18 bits per heavy atom.